The Morgan fingerprint density at radius 3 is 2.71 bits per heavy atom. The number of methoxy groups -OCH3 is 1. The molecule has 28 heavy (non-hydrogen) atoms. The second kappa shape index (κ2) is 8.81. The zero-order valence-electron chi connectivity index (χ0n) is 14.5. The summed E-state index contributed by atoms with van der Waals surface area (Å²) in [6, 6.07) is 6.46. The van der Waals surface area contributed by atoms with E-state index in [2.05, 4.69) is 4.98 Å². The van der Waals surface area contributed by atoms with Crippen LogP contribution in [0.25, 0.3) is 0 Å². The predicted molar refractivity (Wildman–Crippen MR) is 99.0 cm³/mol. The first-order valence-corrected chi connectivity index (χ1v) is 9.73. The molecule has 0 saturated carbocycles. The number of benzene rings is 1. The molecule has 0 aliphatic carbocycles. The highest BCUT2D eigenvalue weighted by atomic mass is 35.5. The molecule has 0 aliphatic heterocycles. The van der Waals surface area contributed by atoms with Crippen molar-refractivity contribution in [2.75, 3.05) is 11.8 Å². The van der Waals surface area contributed by atoms with Crippen molar-refractivity contribution in [3.63, 3.8) is 0 Å². The van der Waals surface area contributed by atoms with Crippen LogP contribution in [-0.4, -0.2) is 25.4 Å². The molecule has 12 heteroatoms. The lowest BCUT2D eigenvalue weighted by Gasteiger charge is -2.12. The number of nitro groups is 1. The molecule has 0 aliphatic rings. The molecule has 2 rings (SSSR count). The van der Waals surface area contributed by atoms with Crippen LogP contribution in [0.1, 0.15) is 17.5 Å². The van der Waals surface area contributed by atoms with E-state index in [1.165, 1.54) is 19.2 Å². The third-order valence-corrected chi connectivity index (χ3v) is 4.99. The number of hydrogen-bond donors (Lipinski definition) is 1. The second-order valence-corrected chi connectivity index (χ2v) is 7.70. The van der Waals surface area contributed by atoms with Gasteiger partial charge in [0, 0.05) is 28.6 Å². The van der Waals surface area contributed by atoms with Gasteiger partial charge in [-0.25, -0.2) is 12.8 Å². The lowest BCUT2D eigenvalue weighted by atomic mass is 10.1. The second-order valence-electron chi connectivity index (χ2n) is 5.54. The summed E-state index contributed by atoms with van der Waals surface area (Å²) in [4.78, 5) is 14.1. The number of sulfonamides is 1. The van der Waals surface area contributed by atoms with E-state index >= 15 is 0 Å². The Kier molecular flexibility index (Phi) is 6.71. The Morgan fingerprint density at radius 2 is 2.11 bits per heavy atom. The Balaban J connectivity index is 2.32. The number of nitrogens with one attached hydrogen (secondary N) is 1. The number of ether oxygens (including phenoxy) is 1. The summed E-state index contributed by atoms with van der Waals surface area (Å²) in [5.41, 5.74) is -0.298. The summed E-state index contributed by atoms with van der Waals surface area (Å²) in [6.45, 7) is 0. The fraction of sp³-hybridized carbons (Fsp3) is 0.250. The van der Waals surface area contributed by atoms with Gasteiger partial charge in [-0.2, -0.15) is 10.2 Å². The number of aryl methyl sites for hydroxylation is 1. The van der Waals surface area contributed by atoms with Gasteiger partial charge in [0.15, 0.2) is 11.6 Å². The van der Waals surface area contributed by atoms with E-state index in [4.69, 9.17) is 21.6 Å². The zero-order chi connectivity index (χ0) is 20.9. The quantitative estimate of drug-likeness (QED) is 0.503. The Labute approximate surface area is 164 Å². The average molecular weight is 429 g/mol. The standard InChI is InChI=1S/C16H14ClFN4O5S/c1-27-16-10(3-2-6-19)7-13(18)15(20-16)21-28(25,26)9-11-4-5-12(17)8-14(11)22(23)24/h4-5,7-8H,2-3,9H2,1H3,(H,20,21). The van der Waals surface area contributed by atoms with Gasteiger partial charge in [-0.3, -0.25) is 14.8 Å². The molecule has 1 aromatic carbocycles. The Hall–Kier alpha value is -2.97. The molecular formula is C16H14ClFN4O5S. The summed E-state index contributed by atoms with van der Waals surface area (Å²) >= 11 is 5.70. The van der Waals surface area contributed by atoms with Gasteiger partial charge in [-0.15, -0.1) is 0 Å². The van der Waals surface area contributed by atoms with Crippen LogP contribution in [0.2, 0.25) is 5.02 Å². The molecule has 0 bridgehead atoms. The molecule has 0 fully saturated rings. The summed E-state index contributed by atoms with van der Waals surface area (Å²) in [5.74, 6) is -2.41. The molecule has 0 atom stereocenters. The first kappa shape index (κ1) is 21.3. The first-order chi connectivity index (χ1) is 13.2. The van der Waals surface area contributed by atoms with E-state index in [1.54, 1.807) is 0 Å². The van der Waals surface area contributed by atoms with Crippen LogP contribution in [0.4, 0.5) is 15.9 Å². The van der Waals surface area contributed by atoms with E-state index in [-0.39, 0.29) is 29.3 Å². The number of rotatable bonds is 8. The lowest BCUT2D eigenvalue weighted by molar-refractivity contribution is -0.385. The monoisotopic (exact) mass is 428 g/mol. The largest absolute Gasteiger partial charge is 0.481 e. The molecule has 2 aromatic rings. The number of nitrogens with zero attached hydrogens (tertiary/aromatic N) is 3. The SMILES string of the molecule is COc1nc(NS(=O)(=O)Cc2ccc(Cl)cc2[N+](=O)[O-])c(F)cc1CCC#N. The number of nitro benzene ring substituents is 1. The van der Waals surface area contributed by atoms with E-state index < -0.39 is 38.0 Å². The molecule has 9 nitrogen and oxygen atoms in total. The van der Waals surface area contributed by atoms with Crippen LogP contribution in [0.5, 0.6) is 5.88 Å². The third kappa shape index (κ3) is 5.28. The fourth-order valence-electron chi connectivity index (χ4n) is 2.34. The average Bonchev–Trinajstić information content (AvgIpc) is 2.62. The maximum atomic E-state index is 14.3. The van der Waals surface area contributed by atoms with Crippen LogP contribution in [0, 0.1) is 27.3 Å². The lowest BCUT2D eigenvalue weighted by Crippen LogP contribution is -2.18. The number of pyridine rings is 1. The minimum atomic E-state index is -4.24. The molecule has 0 radical (unpaired) electrons. The van der Waals surface area contributed by atoms with Crippen LogP contribution in [-0.2, 0) is 22.2 Å². The number of aromatic nitrogens is 1. The van der Waals surface area contributed by atoms with Crippen molar-refractivity contribution in [1.82, 2.24) is 4.98 Å². The van der Waals surface area contributed by atoms with E-state index in [0.717, 1.165) is 12.1 Å². The van der Waals surface area contributed by atoms with Gasteiger partial charge < -0.3 is 4.74 Å². The number of nitriles is 1. The third-order valence-electron chi connectivity index (χ3n) is 3.56. The van der Waals surface area contributed by atoms with Crippen molar-refractivity contribution < 1.29 is 22.5 Å². The van der Waals surface area contributed by atoms with Gasteiger partial charge in [0.05, 0.1) is 18.1 Å². The van der Waals surface area contributed by atoms with E-state index in [0.29, 0.717) is 5.56 Å². The normalized spacial score (nSPS) is 10.9. The van der Waals surface area contributed by atoms with Crippen molar-refractivity contribution in [2.45, 2.75) is 18.6 Å². The van der Waals surface area contributed by atoms with Crippen molar-refractivity contribution in [1.29, 1.82) is 5.26 Å². The Bertz CT molecular complexity index is 1060. The molecule has 1 heterocycles. The van der Waals surface area contributed by atoms with Crippen LogP contribution in [0.3, 0.4) is 0 Å². The molecular weight excluding hydrogens is 415 g/mol. The summed E-state index contributed by atoms with van der Waals surface area (Å²) < 4.78 is 46.0. The highest BCUT2D eigenvalue weighted by Gasteiger charge is 2.23. The fourth-order valence-corrected chi connectivity index (χ4v) is 3.67. The van der Waals surface area contributed by atoms with Crippen molar-refractivity contribution in [3.8, 4) is 11.9 Å². The van der Waals surface area contributed by atoms with Crippen molar-refractivity contribution in [2.24, 2.45) is 0 Å². The highest BCUT2D eigenvalue weighted by Crippen LogP contribution is 2.27. The molecule has 0 amide bonds. The Morgan fingerprint density at radius 1 is 1.39 bits per heavy atom. The molecule has 1 aromatic heterocycles. The van der Waals surface area contributed by atoms with E-state index in [9.17, 15) is 22.9 Å². The van der Waals surface area contributed by atoms with Crippen molar-refractivity contribution in [3.05, 3.63) is 56.3 Å². The molecule has 0 saturated heterocycles. The maximum Gasteiger partial charge on any atom is 0.275 e. The summed E-state index contributed by atoms with van der Waals surface area (Å²) in [7, 11) is -2.97. The summed E-state index contributed by atoms with van der Waals surface area (Å²) in [6.07, 6.45) is 0.274. The minimum Gasteiger partial charge on any atom is -0.481 e. The molecule has 0 spiro atoms. The van der Waals surface area contributed by atoms with Gasteiger partial charge >= 0.3 is 0 Å². The maximum absolute atomic E-state index is 14.3. The molecule has 0 unspecified atom stereocenters. The minimum absolute atomic E-state index is 0.0353. The highest BCUT2D eigenvalue weighted by molar-refractivity contribution is 7.91. The summed E-state index contributed by atoms with van der Waals surface area (Å²) in [5, 5.41) is 19.8. The van der Waals surface area contributed by atoms with Gasteiger partial charge in [-0.1, -0.05) is 11.6 Å². The van der Waals surface area contributed by atoms with Gasteiger partial charge in [0.2, 0.25) is 15.9 Å². The first-order valence-electron chi connectivity index (χ1n) is 7.70. The topological polar surface area (TPSA) is 135 Å². The smallest absolute Gasteiger partial charge is 0.275 e. The number of hydrogen-bond acceptors (Lipinski definition) is 7. The van der Waals surface area contributed by atoms with Crippen LogP contribution < -0.4 is 9.46 Å². The van der Waals surface area contributed by atoms with Crippen LogP contribution >= 0.6 is 11.6 Å². The van der Waals surface area contributed by atoms with Gasteiger partial charge in [0.25, 0.3) is 5.69 Å². The van der Waals surface area contributed by atoms with Crippen LogP contribution in [0.15, 0.2) is 24.3 Å². The van der Waals surface area contributed by atoms with Gasteiger partial charge in [-0.05, 0) is 24.6 Å². The molecule has 1 N–H and O–H groups in total. The number of halogens is 2. The van der Waals surface area contributed by atoms with Crippen molar-refractivity contribution >= 4 is 33.1 Å². The van der Waals surface area contributed by atoms with Gasteiger partial charge in [0.1, 0.15) is 5.75 Å². The molecule has 148 valence electrons. The predicted octanol–water partition coefficient (Wildman–Crippen LogP) is 3.19. The zero-order valence-corrected chi connectivity index (χ0v) is 16.1. The van der Waals surface area contributed by atoms with E-state index in [1.807, 2.05) is 10.8 Å². The number of anilines is 1.